The van der Waals surface area contributed by atoms with Crippen LogP contribution in [0.1, 0.15) is 10.4 Å². The van der Waals surface area contributed by atoms with E-state index in [1.165, 1.54) is 11.8 Å². The van der Waals surface area contributed by atoms with Crippen LogP contribution in [0.5, 0.6) is 5.75 Å². The van der Waals surface area contributed by atoms with Crippen LogP contribution < -0.4 is 10.1 Å². The lowest BCUT2D eigenvalue weighted by molar-refractivity contribution is 0.0748. The van der Waals surface area contributed by atoms with E-state index >= 15 is 0 Å². The Morgan fingerprint density at radius 1 is 1.19 bits per heavy atom. The van der Waals surface area contributed by atoms with Crippen molar-refractivity contribution < 1.29 is 14.3 Å². The molecule has 0 aliphatic heterocycles. The lowest BCUT2D eigenvalue weighted by Gasteiger charge is -2.10. The first-order chi connectivity index (χ1) is 12.7. The van der Waals surface area contributed by atoms with Gasteiger partial charge in [0.1, 0.15) is 12.4 Å². The molecule has 1 N–H and O–H groups in total. The SMILES string of the molecule is COCC(=O)n1nc(-c2cccnc2)nc1NCc1ccccc1OC. The molecular formula is C18H19N5O3. The fourth-order valence-corrected chi connectivity index (χ4v) is 2.43. The molecule has 0 spiro atoms. The van der Waals surface area contributed by atoms with Crippen LogP contribution in [0, 0.1) is 0 Å². The number of carbonyl (C=O) groups is 1. The van der Waals surface area contributed by atoms with Crippen molar-refractivity contribution in [2.24, 2.45) is 0 Å². The molecule has 0 fully saturated rings. The van der Waals surface area contributed by atoms with Crippen LogP contribution in [0.15, 0.2) is 48.8 Å². The number of hydrogen-bond donors (Lipinski definition) is 1. The molecule has 0 saturated heterocycles. The molecule has 0 aliphatic carbocycles. The number of hydrogen-bond acceptors (Lipinski definition) is 7. The van der Waals surface area contributed by atoms with Crippen LogP contribution in [0.2, 0.25) is 0 Å². The number of pyridine rings is 1. The van der Waals surface area contributed by atoms with Crippen molar-refractivity contribution in [3.8, 4) is 17.1 Å². The second-order valence-electron chi connectivity index (χ2n) is 5.40. The Morgan fingerprint density at radius 3 is 2.77 bits per heavy atom. The summed E-state index contributed by atoms with van der Waals surface area (Å²) in [5.74, 6) is 1.17. The first kappa shape index (κ1) is 17.6. The Balaban J connectivity index is 1.89. The van der Waals surface area contributed by atoms with Gasteiger partial charge in [-0.1, -0.05) is 18.2 Å². The van der Waals surface area contributed by atoms with Crippen LogP contribution in [0.25, 0.3) is 11.4 Å². The predicted molar refractivity (Wildman–Crippen MR) is 96.1 cm³/mol. The van der Waals surface area contributed by atoms with E-state index in [9.17, 15) is 4.79 Å². The fraction of sp³-hybridized carbons (Fsp3) is 0.222. The molecule has 3 aromatic rings. The van der Waals surface area contributed by atoms with Gasteiger partial charge in [0.25, 0.3) is 5.91 Å². The van der Waals surface area contributed by atoms with E-state index in [0.717, 1.165) is 16.9 Å². The molecule has 0 aliphatic rings. The smallest absolute Gasteiger partial charge is 0.276 e. The van der Waals surface area contributed by atoms with Gasteiger partial charge in [0.2, 0.25) is 5.95 Å². The maximum atomic E-state index is 12.3. The molecule has 8 nitrogen and oxygen atoms in total. The highest BCUT2D eigenvalue weighted by atomic mass is 16.5. The number of benzene rings is 1. The molecule has 0 unspecified atom stereocenters. The highest BCUT2D eigenvalue weighted by Crippen LogP contribution is 2.20. The minimum Gasteiger partial charge on any atom is -0.496 e. The molecule has 26 heavy (non-hydrogen) atoms. The molecule has 0 bridgehead atoms. The van der Waals surface area contributed by atoms with Crippen LogP contribution in [0.4, 0.5) is 5.95 Å². The van der Waals surface area contributed by atoms with Crippen LogP contribution in [0.3, 0.4) is 0 Å². The number of anilines is 1. The van der Waals surface area contributed by atoms with Crippen LogP contribution in [-0.4, -0.2) is 46.5 Å². The summed E-state index contributed by atoms with van der Waals surface area (Å²) >= 11 is 0. The lowest BCUT2D eigenvalue weighted by Crippen LogP contribution is -2.20. The van der Waals surface area contributed by atoms with Crippen molar-refractivity contribution in [1.29, 1.82) is 0 Å². The van der Waals surface area contributed by atoms with Crippen molar-refractivity contribution in [2.45, 2.75) is 6.54 Å². The van der Waals surface area contributed by atoms with Gasteiger partial charge in [-0.3, -0.25) is 9.78 Å². The molecule has 0 saturated carbocycles. The second-order valence-corrected chi connectivity index (χ2v) is 5.40. The average Bonchev–Trinajstić information content (AvgIpc) is 3.12. The molecule has 0 amide bonds. The van der Waals surface area contributed by atoms with E-state index in [0.29, 0.717) is 18.3 Å². The Hall–Kier alpha value is -3.26. The Bertz CT molecular complexity index is 880. The third-order valence-electron chi connectivity index (χ3n) is 3.66. The zero-order chi connectivity index (χ0) is 18.4. The topological polar surface area (TPSA) is 91.2 Å². The summed E-state index contributed by atoms with van der Waals surface area (Å²) in [5.41, 5.74) is 1.66. The number of ether oxygens (including phenoxy) is 2. The number of nitrogens with zero attached hydrogens (tertiary/aromatic N) is 4. The van der Waals surface area contributed by atoms with E-state index in [-0.39, 0.29) is 12.5 Å². The summed E-state index contributed by atoms with van der Waals surface area (Å²) in [6, 6.07) is 11.2. The van der Waals surface area contributed by atoms with Gasteiger partial charge in [0, 0.05) is 37.2 Å². The van der Waals surface area contributed by atoms with Crippen molar-refractivity contribution in [2.75, 3.05) is 26.1 Å². The molecule has 2 aromatic heterocycles. The molecule has 8 heteroatoms. The Morgan fingerprint density at radius 2 is 2.04 bits per heavy atom. The quantitative estimate of drug-likeness (QED) is 0.696. The van der Waals surface area contributed by atoms with Gasteiger partial charge in [-0.15, -0.1) is 5.10 Å². The monoisotopic (exact) mass is 353 g/mol. The van der Waals surface area contributed by atoms with Crippen LogP contribution >= 0.6 is 0 Å². The normalized spacial score (nSPS) is 10.5. The first-order valence-corrected chi connectivity index (χ1v) is 7.98. The number of carbonyl (C=O) groups excluding carboxylic acids is 1. The van der Waals surface area contributed by atoms with Crippen molar-refractivity contribution in [3.63, 3.8) is 0 Å². The zero-order valence-corrected chi connectivity index (χ0v) is 14.5. The van der Waals surface area contributed by atoms with Gasteiger partial charge in [-0.25, -0.2) is 0 Å². The second kappa shape index (κ2) is 8.21. The minimum absolute atomic E-state index is 0.0980. The molecule has 3 rings (SSSR count). The maximum absolute atomic E-state index is 12.3. The van der Waals surface area contributed by atoms with Gasteiger partial charge < -0.3 is 14.8 Å². The number of para-hydroxylation sites is 1. The number of aromatic nitrogens is 4. The standard InChI is InChI=1S/C18H19N5O3/c1-25-12-16(24)23-18(20-11-13-6-3-4-8-15(13)26-2)21-17(22-23)14-7-5-9-19-10-14/h3-10H,11-12H2,1-2H3,(H,20,21,22). The molecular weight excluding hydrogens is 334 g/mol. The highest BCUT2D eigenvalue weighted by molar-refractivity contribution is 5.82. The van der Waals surface area contributed by atoms with Crippen molar-refractivity contribution in [1.82, 2.24) is 19.7 Å². The summed E-state index contributed by atoms with van der Waals surface area (Å²) < 4.78 is 11.5. The molecule has 134 valence electrons. The van der Waals surface area contributed by atoms with Gasteiger partial charge in [-0.05, 0) is 18.2 Å². The third kappa shape index (κ3) is 3.86. The first-order valence-electron chi connectivity index (χ1n) is 7.98. The van der Waals surface area contributed by atoms with Gasteiger partial charge in [-0.2, -0.15) is 9.67 Å². The maximum Gasteiger partial charge on any atom is 0.276 e. The summed E-state index contributed by atoms with van der Waals surface area (Å²) in [6.45, 7) is 0.328. The minimum atomic E-state index is -0.322. The van der Waals surface area contributed by atoms with Crippen LogP contribution in [-0.2, 0) is 11.3 Å². The Kier molecular flexibility index (Phi) is 5.55. The average molecular weight is 353 g/mol. The summed E-state index contributed by atoms with van der Waals surface area (Å²) in [6.07, 6.45) is 3.31. The van der Waals surface area contributed by atoms with Gasteiger partial charge in [0.05, 0.1) is 7.11 Å². The van der Waals surface area contributed by atoms with Crippen molar-refractivity contribution in [3.05, 3.63) is 54.4 Å². The molecule has 1 aromatic carbocycles. The summed E-state index contributed by atoms with van der Waals surface area (Å²) in [4.78, 5) is 20.8. The van der Waals surface area contributed by atoms with E-state index in [4.69, 9.17) is 9.47 Å². The highest BCUT2D eigenvalue weighted by Gasteiger charge is 2.17. The van der Waals surface area contributed by atoms with E-state index in [1.54, 1.807) is 25.6 Å². The molecule has 0 atom stereocenters. The molecule has 0 radical (unpaired) electrons. The Labute approximate surface area is 150 Å². The fourth-order valence-electron chi connectivity index (χ4n) is 2.43. The van der Waals surface area contributed by atoms with Gasteiger partial charge in [0.15, 0.2) is 5.82 Å². The molecule has 2 heterocycles. The van der Waals surface area contributed by atoms with E-state index in [2.05, 4.69) is 20.4 Å². The van der Waals surface area contributed by atoms with E-state index in [1.807, 2.05) is 30.3 Å². The number of methoxy groups -OCH3 is 2. The summed E-state index contributed by atoms with van der Waals surface area (Å²) in [7, 11) is 3.07. The van der Waals surface area contributed by atoms with E-state index < -0.39 is 0 Å². The third-order valence-corrected chi connectivity index (χ3v) is 3.66. The zero-order valence-electron chi connectivity index (χ0n) is 14.5. The van der Waals surface area contributed by atoms with Gasteiger partial charge >= 0.3 is 0 Å². The number of nitrogens with one attached hydrogen (secondary N) is 1. The largest absolute Gasteiger partial charge is 0.496 e. The lowest BCUT2D eigenvalue weighted by atomic mass is 10.2. The summed E-state index contributed by atoms with van der Waals surface area (Å²) in [5, 5.41) is 7.44. The van der Waals surface area contributed by atoms with Crippen molar-refractivity contribution >= 4 is 11.9 Å². The predicted octanol–water partition coefficient (Wildman–Crippen LogP) is 2.25. The number of rotatable bonds is 7.